The van der Waals surface area contributed by atoms with Gasteiger partial charge in [0.1, 0.15) is 0 Å². The lowest BCUT2D eigenvalue weighted by molar-refractivity contribution is -0.186. The molecular weight excluding hydrogens is 284 g/mol. The van der Waals surface area contributed by atoms with Crippen LogP contribution in [0.25, 0.3) is 0 Å². The molecule has 0 spiro atoms. The molecule has 0 amide bonds. The van der Waals surface area contributed by atoms with Crippen LogP contribution in [0.1, 0.15) is 52.4 Å². The molecule has 5 nitrogen and oxygen atoms in total. The molecule has 0 aliphatic heterocycles. The standard InChI is InChI=1S/C17H24O5/c1-3-21-15(19)14(10(2)18)22-16(20)17-7-11-4-12(8-17)6-13(5-11)9-17/h11-14H,3-9H2,1-2H3. The predicted octanol–water partition coefficient (Wildman–Crippen LogP) is 2.27. The number of Topliss-reactive ketones (excluding diaryl/α,β-unsaturated/α-hetero) is 1. The number of hydrogen-bond acceptors (Lipinski definition) is 5. The summed E-state index contributed by atoms with van der Waals surface area (Å²) >= 11 is 0. The van der Waals surface area contributed by atoms with Gasteiger partial charge < -0.3 is 9.47 Å². The molecule has 0 radical (unpaired) electrons. The largest absolute Gasteiger partial charge is 0.463 e. The van der Waals surface area contributed by atoms with Gasteiger partial charge in [-0.15, -0.1) is 0 Å². The Labute approximate surface area is 130 Å². The molecule has 4 fully saturated rings. The Morgan fingerprint density at radius 2 is 1.55 bits per heavy atom. The monoisotopic (exact) mass is 308 g/mol. The minimum absolute atomic E-state index is 0.164. The first-order chi connectivity index (χ1) is 10.4. The average Bonchev–Trinajstić information content (AvgIpc) is 2.42. The first-order valence-electron chi connectivity index (χ1n) is 8.31. The summed E-state index contributed by atoms with van der Waals surface area (Å²) in [6.07, 6.45) is 4.82. The van der Waals surface area contributed by atoms with E-state index in [2.05, 4.69) is 0 Å². The molecule has 0 saturated heterocycles. The molecular formula is C17H24O5. The Hall–Kier alpha value is -1.39. The molecule has 22 heavy (non-hydrogen) atoms. The van der Waals surface area contributed by atoms with Gasteiger partial charge in [0.2, 0.25) is 0 Å². The summed E-state index contributed by atoms with van der Waals surface area (Å²) in [4.78, 5) is 36.2. The van der Waals surface area contributed by atoms with Crippen molar-refractivity contribution < 1.29 is 23.9 Å². The zero-order chi connectivity index (χ0) is 15.9. The first-order valence-corrected chi connectivity index (χ1v) is 8.31. The zero-order valence-electron chi connectivity index (χ0n) is 13.3. The maximum Gasteiger partial charge on any atom is 0.355 e. The molecule has 0 heterocycles. The molecule has 1 unspecified atom stereocenters. The highest BCUT2D eigenvalue weighted by molar-refractivity contribution is 6.02. The minimum atomic E-state index is -1.40. The third-order valence-electron chi connectivity index (χ3n) is 5.57. The van der Waals surface area contributed by atoms with E-state index in [0.29, 0.717) is 17.8 Å². The average molecular weight is 308 g/mol. The second-order valence-electron chi connectivity index (χ2n) is 7.35. The summed E-state index contributed by atoms with van der Waals surface area (Å²) in [6.45, 7) is 3.09. The molecule has 0 aromatic rings. The fourth-order valence-electron chi connectivity index (χ4n) is 5.11. The van der Waals surface area contributed by atoms with E-state index in [4.69, 9.17) is 9.47 Å². The van der Waals surface area contributed by atoms with Crippen LogP contribution in [0.15, 0.2) is 0 Å². The van der Waals surface area contributed by atoms with E-state index in [1.807, 2.05) is 0 Å². The van der Waals surface area contributed by atoms with Crippen molar-refractivity contribution >= 4 is 17.7 Å². The van der Waals surface area contributed by atoms with Gasteiger partial charge >= 0.3 is 11.9 Å². The van der Waals surface area contributed by atoms with Crippen molar-refractivity contribution in [2.24, 2.45) is 23.2 Å². The van der Waals surface area contributed by atoms with Gasteiger partial charge in [0, 0.05) is 0 Å². The van der Waals surface area contributed by atoms with Crippen LogP contribution in [0, 0.1) is 23.2 Å². The Balaban J connectivity index is 1.73. The summed E-state index contributed by atoms with van der Waals surface area (Å²) in [5, 5.41) is 0. The van der Waals surface area contributed by atoms with Crippen LogP contribution in [-0.4, -0.2) is 30.4 Å². The number of rotatable bonds is 5. The van der Waals surface area contributed by atoms with Crippen LogP contribution in [-0.2, 0) is 23.9 Å². The lowest BCUT2D eigenvalue weighted by Crippen LogP contribution is -2.52. The van der Waals surface area contributed by atoms with Crippen molar-refractivity contribution in [3.05, 3.63) is 0 Å². The third kappa shape index (κ3) is 2.66. The van der Waals surface area contributed by atoms with Gasteiger partial charge in [-0.2, -0.15) is 0 Å². The van der Waals surface area contributed by atoms with Crippen LogP contribution in [0.2, 0.25) is 0 Å². The van der Waals surface area contributed by atoms with Crippen molar-refractivity contribution in [3.63, 3.8) is 0 Å². The highest BCUT2D eigenvalue weighted by Crippen LogP contribution is 2.60. The molecule has 4 aliphatic carbocycles. The van der Waals surface area contributed by atoms with Gasteiger partial charge in [-0.05, 0) is 70.1 Å². The van der Waals surface area contributed by atoms with Crippen molar-refractivity contribution in [1.29, 1.82) is 0 Å². The molecule has 4 saturated carbocycles. The first kappa shape index (κ1) is 15.5. The third-order valence-corrected chi connectivity index (χ3v) is 5.57. The molecule has 5 heteroatoms. The van der Waals surface area contributed by atoms with Crippen LogP contribution in [0.3, 0.4) is 0 Å². The summed E-state index contributed by atoms with van der Waals surface area (Å²) in [6, 6.07) is 0. The molecule has 4 bridgehead atoms. The summed E-state index contributed by atoms with van der Waals surface area (Å²) in [5.74, 6) is 0.232. The predicted molar refractivity (Wildman–Crippen MR) is 77.8 cm³/mol. The van der Waals surface area contributed by atoms with Crippen LogP contribution in [0.5, 0.6) is 0 Å². The Morgan fingerprint density at radius 1 is 1.05 bits per heavy atom. The van der Waals surface area contributed by atoms with E-state index in [0.717, 1.165) is 19.3 Å². The SMILES string of the molecule is CCOC(=O)C(OC(=O)C12CC3CC(CC(C3)C1)C2)C(C)=O. The lowest BCUT2D eigenvalue weighted by atomic mass is 9.49. The van der Waals surface area contributed by atoms with Crippen LogP contribution < -0.4 is 0 Å². The maximum absolute atomic E-state index is 12.7. The summed E-state index contributed by atoms with van der Waals surface area (Å²) < 4.78 is 10.2. The highest BCUT2D eigenvalue weighted by Gasteiger charge is 2.56. The molecule has 4 aliphatic rings. The van der Waals surface area contributed by atoms with Crippen LogP contribution >= 0.6 is 0 Å². The quantitative estimate of drug-likeness (QED) is 0.575. The zero-order valence-corrected chi connectivity index (χ0v) is 13.3. The fraction of sp³-hybridized carbons (Fsp3) is 0.824. The molecule has 0 N–H and O–H groups in total. The van der Waals surface area contributed by atoms with Crippen LogP contribution in [0.4, 0.5) is 0 Å². The fourth-order valence-corrected chi connectivity index (χ4v) is 5.11. The van der Waals surface area contributed by atoms with Crippen molar-refractivity contribution in [1.82, 2.24) is 0 Å². The van der Waals surface area contributed by atoms with Crippen molar-refractivity contribution in [2.75, 3.05) is 6.61 Å². The van der Waals surface area contributed by atoms with Crippen molar-refractivity contribution in [2.45, 2.75) is 58.5 Å². The topological polar surface area (TPSA) is 69.7 Å². The lowest BCUT2D eigenvalue weighted by Gasteiger charge is -2.55. The number of ether oxygens (including phenoxy) is 2. The van der Waals surface area contributed by atoms with Gasteiger partial charge in [0.25, 0.3) is 6.10 Å². The molecule has 122 valence electrons. The van der Waals surface area contributed by atoms with Gasteiger partial charge in [-0.3, -0.25) is 9.59 Å². The summed E-state index contributed by atoms with van der Waals surface area (Å²) in [5.41, 5.74) is -0.463. The second-order valence-corrected chi connectivity index (χ2v) is 7.35. The van der Waals surface area contributed by atoms with Gasteiger partial charge in [0.05, 0.1) is 12.0 Å². The summed E-state index contributed by atoms with van der Waals surface area (Å²) in [7, 11) is 0. The Kier molecular flexibility index (Phi) is 4.00. The highest BCUT2D eigenvalue weighted by atomic mass is 16.6. The molecule has 0 aromatic heterocycles. The molecule has 4 rings (SSSR count). The smallest absolute Gasteiger partial charge is 0.355 e. The van der Waals surface area contributed by atoms with E-state index >= 15 is 0 Å². The maximum atomic E-state index is 12.7. The number of carbonyl (C=O) groups is 3. The Bertz CT molecular complexity index is 460. The van der Waals surface area contributed by atoms with E-state index in [9.17, 15) is 14.4 Å². The number of ketones is 1. The minimum Gasteiger partial charge on any atom is -0.463 e. The normalized spacial score (nSPS) is 36.7. The van der Waals surface area contributed by atoms with E-state index in [1.54, 1.807) is 6.92 Å². The molecule has 1 atom stereocenters. The van der Waals surface area contributed by atoms with Crippen molar-refractivity contribution in [3.8, 4) is 0 Å². The van der Waals surface area contributed by atoms with Gasteiger partial charge in [-0.1, -0.05) is 0 Å². The van der Waals surface area contributed by atoms with E-state index < -0.39 is 23.3 Å². The van der Waals surface area contributed by atoms with E-state index in [-0.39, 0.29) is 12.6 Å². The Morgan fingerprint density at radius 3 is 1.95 bits per heavy atom. The van der Waals surface area contributed by atoms with Gasteiger partial charge in [-0.25, -0.2) is 4.79 Å². The van der Waals surface area contributed by atoms with Gasteiger partial charge in [0.15, 0.2) is 5.78 Å². The van der Waals surface area contributed by atoms with E-state index in [1.165, 1.54) is 26.2 Å². The number of carbonyl (C=O) groups excluding carboxylic acids is 3. The second kappa shape index (κ2) is 5.67. The molecule has 0 aromatic carbocycles. The number of hydrogen-bond donors (Lipinski definition) is 0. The number of esters is 2.